The highest BCUT2D eigenvalue weighted by Gasteiger charge is 2.31. The Bertz CT molecular complexity index is 736. The highest BCUT2D eigenvalue weighted by molar-refractivity contribution is 7.09. The molecule has 6 heteroatoms. The van der Waals surface area contributed by atoms with Crippen molar-refractivity contribution in [3.05, 3.63) is 34.7 Å². The van der Waals surface area contributed by atoms with Gasteiger partial charge in [-0.2, -0.15) is 0 Å². The summed E-state index contributed by atoms with van der Waals surface area (Å²) in [5.41, 5.74) is 1.86. The number of aryl methyl sites for hydroxylation is 1. The largest absolute Gasteiger partial charge is 0.497 e. The van der Waals surface area contributed by atoms with Crippen molar-refractivity contribution in [3.63, 3.8) is 0 Å². The number of nitrogens with one attached hydrogen (secondary N) is 1. The molecule has 1 aliphatic rings. The number of thiazole rings is 1. The third-order valence-corrected chi connectivity index (χ3v) is 6.32. The third kappa shape index (κ3) is 5.30. The molecule has 146 valence electrons. The molecular formula is C21H28N2O3S. The first kappa shape index (κ1) is 19.8. The maximum atomic E-state index is 12.2. The lowest BCUT2D eigenvalue weighted by Crippen LogP contribution is -2.41. The molecule has 1 saturated carbocycles. The molecule has 5 nitrogen and oxygen atoms in total. The summed E-state index contributed by atoms with van der Waals surface area (Å²) in [5.74, 6) is 0.860. The van der Waals surface area contributed by atoms with E-state index in [1.165, 1.54) is 6.42 Å². The van der Waals surface area contributed by atoms with Crippen LogP contribution in [-0.2, 0) is 11.2 Å². The number of aliphatic hydroxyl groups is 1. The molecule has 0 bridgehead atoms. The predicted molar refractivity (Wildman–Crippen MR) is 108 cm³/mol. The summed E-state index contributed by atoms with van der Waals surface area (Å²) < 4.78 is 5.18. The normalized spacial score (nSPS) is 16.1. The molecule has 0 saturated heterocycles. The van der Waals surface area contributed by atoms with Gasteiger partial charge in [0.25, 0.3) is 0 Å². The number of hydrogen-bond donors (Lipinski definition) is 2. The standard InChI is InChI=1S/C21H28N2O3S/c1-26-17-7-5-16(6-8-17)18-13-27-20(23-18)10-9-19(25)22-14-21(15-24)11-3-2-4-12-21/h5-8,13,24H,2-4,9-12,14-15H2,1H3,(H,22,25). The zero-order chi connectivity index (χ0) is 19.1. The van der Waals surface area contributed by atoms with Gasteiger partial charge in [-0.05, 0) is 37.1 Å². The summed E-state index contributed by atoms with van der Waals surface area (Å²) in [6.45, 7) is 0.738. The van der Waals surface area contributed by atoms with Gasteiger partial charge in [-0.25, -0.2) is 4.98 Å². The van der Waals surface area contributed by atoms with Gasteiger partial charge in [0.05, 0.1) is 24.4 Å². The number of amides is 1. The van der Waals surface area contributed by atoms with E-state index >= 15 is 0 Å². The fraction of sp³-hybridized carbons (Fsp3) is 0.524. The van der Waals surface area contributed by atoms with Gasteiger partial charge < -0.3 is 15.2 Å². The summed E-state index contributed by atoms with van der Waals surface area (Å²) in [7, 11) is 1.65. The second kappa shape index (κ2) is 9.33. The highest BCUT2D eigenvalue weighted by atomic mass is 32.1. The van der Waals surface area contributed by atoms with Gasteiger partial charge in [-0.1, -0.05) is 19.3 Å². The van der Waals surface area contributed by atoms with E-state index in [4.69, 9.17) is 4.74 Å². The summed E-state index contributed by atoms with van der Waals surface area (Å²) >= 11 is 1.58. The van der Waals surface area contributed by atoms with Crippen LogP contribution in [-0.4, -0.2) is 36.3 Å². The SMILES string of the molecule is COc1ccc(-c2csc(CCC(=O)NCC3(CO)CCCCC3)n2)cc1. The van der Waals surface area contributed by atoms with E-state index in [1.54, 1.807) is 18.4 Å². The second-order valence-electron chi connectivity index (χ2n) is 7.35. The second-order valence-corrected chi connectivity index (χ2v) is 8.29. The molecule has 2 N–H and O–H groups in total. The van der Waals surface area contributed by atoms with Crippen molar-refractivity contribution in [2.45, 2.75) is 44.9 Å². The van der Waals surface area contributed by atoms with Crippen LogP contribution in [0, 0.1) is 5.41 Å². The quantitative estimate of drug-likeness (QED) is 0.721. The lowest BCUT2D eigenvalue weighted by Gasteiger charge is -2.35. The fourth-order valence-corrected chi connectivity index (χ4v) is 4.42. The van der Waals surface area contributed by atoms with Crippen molar-refractivity contribution in [1.29, 1.82) is 0 Å². The number of rotatable bonds is 8. The average Bonchev–Trinajstić information content (AvgIpc) is 3.20. The van der Waals surface area contributed by atoms with E-state index in [0.29, 0.717) is 19.4 Å². The Morgan fingerprint density at radius 2 is 2.00 bits per heavy atom. The summed E-state index contributed by atoms with van der Waals surface area (Å²) in [5, 5.41) is 15.8. The van der Waals surface area contributed by atoms with Crippen LogP contribution >= 0.6 is 11.3 Å². The smallest absolute Gasteiger partial charge is 0.220 e. The molecule has 1 fully saturated rings. The zero-order valence-electron chi connectivity index (χ0n) is 15.9. The van der Waals surface area contributed by atoms with Crippen LogP contribution in [0.5, 0.6) is 5.75 Å². The van der Waals surface area contributed by atoms with E-state index in [0.717, 1.165) is 47.7 Å². The Balaban J connectivity index is 1.48. The van der Waals surface area contributed by atoms with Crippen LogP contribution in [0.2, 0.25) is 0 Å². The molecule has 1 heterocycles. The van der Waals surface area contributed by atoms with Crippen molar-refractivity contribution >= 4 is 17.2 Å². The van der Waals surface area contributed by atoms with E-state index in [2.05, 4.69) is 10.3 Å². The van der Waals surface area contributed by atoms with Crippen molar-refractivity contribution in [1.82, 2.24) is 10.3 Å². The molecule has 0 atom stereocenters. The number of hydrogen-bond acceptors (Lipinski definition) is 5. The van der Waals surface area contributed by atoms with Crippen molar-refractivity contribution in [2.24, 2.45) is 5.41 Å². The van der Waals surface area contributed by atoms with Gasteiger partial charge >= 0.3 is 0 Å². The van der Waals surface area contributed by atoms with Gasteiger partial charge in [0.2, 0.25) is 5.91 Å². The summed E-state index contributed by atoms with van der Waals surface area (Å²) in [6, 6.07) is 7.82. The highest BCUT2D eigenvalue weighted by Crippen LogP contribution is 2.35. The molecule has 0 spiro atoms. The first-order valence-corrected chi connectivity index (χ1v) is 10.5. The van der Waals surface area contributed by atoms with Crippen molar-refractivity contribution in [2.75, 3.05) is 20.3 Å². The van der Waals surface area contributed by atoms with Gasteiger partial charge in [-0.15, -0.1) is 11.3 Å². The molecule has 2 aromatic rings. The lowest BCUT2D eigenvalue weighted by molar-refractivity contribution is -0.121. The molecule has 0 aliphatic heterocycles. The number of carbonyl (C=O) groups excluding carboxylic acids is 1. The number of aliphatic hydroxyl groups excluding tert-OH is 1. The van der Waals surface area contributed by atoms with Crippen LogP contribution in [0.15, 0.2) is 29.6 Å². The number of methoxy groups -OCH3 is 1. The van der Waals surface area contributed by atoms with E-state index in [9.17, 15) is 9.90 Å². The number of ether oxygens (including phenoxy) is 1. The first-order chi connectivity index (χ1) is 13.1. The minimum atomic E-state index is -0.114. The molecule has 1 aromatic carbocycles. The van der Waals surface area contributed by atoms with E-state index in [-0.39, 0.29) is 17.9 Å². The number of benzene rings is 1. The molecule has 0 unspecified atom stereocenters. The Kier molecular flexibility index (Phi) is 6.85. The summed E-state index contributed by atoms with van der Waals surface area (Å²) in [4.78, 5) is 16.9. The molecule has 1 aliphatic carbocycles. The van der Waals surface area contributed by atoms with Gasteiger partial charge in [-0.3, -0.25) is 4.79 Å². The van der Waals surface area contributed by atoms with Crippen LogP contribution in [0.4, 0.5) is 0 Å². The van der Waals surface area contributed by atoms with Crippen LogP contribution in [0.25, 0.3) is 11.3 Å². The Morgan fingerprint density at radius 1 is 1.26 bits per heavy atom. The maximum absolute atomic E-state index is 12.2. The topological polar surface area (TPSA) is 71.5 Å². The Morgan fingerprint density at radius 3 is 2.67 bits per heavy atom. The van der Waals surface area contributed by atoms with Crippen LogP contribution < -0.4 is 10.1 Å². The van der Waals surface area contributed by atoms with Crippen LogP contribution in [0.1, 0.15) is 43.5 Å². The first-order valence-electron chi connectivity index (χ1n) is 9.60. The van der Waals surface area contributed by atoms with E-state index in [1.807, 2.05) is 29.6 Å². The minimum absolute atomic E-state index is 0.0367. The Hall–Kier alpha value is -1.92. The lowest BCUT2D eigenvalue weighted by atomic mass is 9.74. The van der Waals surface area contributed by atoms with Crippen LogP contribution in [0.3, 0.4) is 0 Å². The average molecular weight is 389 g/mol. The third-order valence-electron chi connectivity index (χ3n) is 5.41. The fourth-order valence-electron chi connectivity index (χ4n) is 3.61. The molecule has 3 rings (SSSR count). The molecule has 1 aromatic heterocycles. The number of nitrogens with zero attached hydrogens (tertiary/aromatic N) is 1. The maximum Gasteiger partial charge on any atom is 0.220 e. The molecule has 0 radical (unpaired) electrons. The zero-order valence-corrected chi connectivity index (χ0v) is 16.7. The predicted octanol–water partition coefficient (Wildman–Crippen LogP) is 3.81. The van der Waals surface area contributed by atoms with Gasteiger partial charge in [0.15, 0.2) is 0 Å². The minimum Gasteiger partial charge on any atom is -0.497 e. The molecule has 27 heavy (non-hydrogen) atoms. The van der Waals surface area contributed by atoms with Gasteiger partial charge in [0.1, 0.15) is 5.75 Å². The molecule has 1 amide bonds. The monoisotopic (exact) mass is 388 g/mol. The van der Waals surface area contributed by atoms with Crippen molar-refractivity contribution < 1.29 is 14.6 Å². The summed E-state index contributed by atoms with van der Waals surface area (Å²) in [6.07, 6.45) is 6.59. The van der Waals surface area contributed by atoms with E-state index < -0.39 is 0 Å². The number of carbonyl (C=O) groups is 1. The number of aromatic nitrogens is 1. The Labute approximate surface area is 164 Å². The van der Waals surface area contributed by atoms with Gasteiger partial charge in [0, 0.05) is 35.7 Å². The molecular weight excluding hydrogens is 360 g/mol. The van der Waals surface area contributed by atoms with Crippen molar-refractivity contribution in [3.8, 4) is 17.0 Å².